The van der Waals surface area contributed by atoms with Gasteiger partial charge in [-0.25, -0.2) is 4.79 Å². The Kier molecular flexibility index (Phi) is 7.97. The highest BCUT2D eigenvalue weighted by Gasteiger charge is 2.52. The lowest BCUT2D eigenvalue weighted by atomic mass is 9.82. The maximum atomic E-state index is 12.8. The van der Waals surface area contributed by atoms with Crippen LogP contribution in [0.2, 0.25) is 10.0 Å². The number of rotatable bonds is 8. The van der Waals surface area contributed by atoms with Gasteiger partial charge in [0.15, 0.2) is 0 Å². The Labute approximate surface area is 196 Å². The fourth-order valence-corrected chi connectivity index (χ4v) is 4.55. The Balaban J connectivity index is 1.57. The molecule has 1 saturated carbocycles. The van der Waals surface area contributed by atoms with E-state index in [-0.39, 0.29) is 19.0 Å². The lowest BCUT2D eigenvalue weighted by Gasteiger charge is -2.30. The van der Waals surface area contributed by atoms with E-state index < -0.39 is 23.4 Å². The summed E-state index contributed by atoms with van der Waals surface area (Å²) in [5.74, 6) is -1.33. The quantitative estimate of drug-likeness (QED) is 0.492. The zero-order chi connectivity index (χ0) is 23.3. The highest BCUT2D eigenvalue weighted by atomic mass is 35.5. The number of benzene rings is 1. The molecular formula is C21H27Cl2N5O4. The van der Waals surface area contributed by atoms with E-state index in [0.717, 1.165) is 24.3 Å². The predicted molar refractivity (Wildman–Crippen MR) is 121 cm³/mol. The van der Waals surface area contributed by atoms with Gasteiger partial charge in [-0.2, -0.15) is 5.01 Å². The molecule has 174 valence electrons. The van der Waals surface area contributed by atoms with Gasteiger partial charge in [0, 0.05) is 5.02 Å². The van der Waals surface area contributed by atoms with Gasteiger partial charge in [0.25, 0.3) is 11.8 Å². The molecule has 0 aromatic heterocycles. The Morgan fingerprint density at radius 3 is 2.47 bits per heavy atom. The van der Waals surface area contributed by atoms with Crippen LogP contribution in [0.1, 0.15) is 45.4 Å². The minimum atomic E-state index is -0.913. The maximum absolute atomic E-state index is 12.8. The molecule has 5 amide bonds. The molecule has 2 aliphatic rings. The molecule has 1 spiro atoms. The first-order chi connectivity index (χ1) is 15.2. The summed E-state index contributed by atoms with van der Waals surface area (Å²) in [6.45, 7) is 2.17. The minimum Gasteiger partial charge on any atom is -0.324 e. The van der Waals surface area contributed by atoms with Crippen LogP contribution < -0.4 is 16.1 Å². The Bertz CT molecular complexity index is 904. The Morgan fingerprint density at radius 2 is 1.81 bits per heavy atom. The highest BCUT2D eigenvalue weighted by molar-refractivity contribution is 6.36. The normalized spacial score (nSPS) is 17.6. The van der Waals surface area contributed by atoms with Crippen molar-refractivity contribution in [1.29, 1.82) is 0 Å². The predicted octanol–water partition coefficient (Wildman–Crippen LogP) is 2.93. The van der Waals surface area contributed by atoms with E-state index in [9.17, 15) is 19.2 Å². The first-order valence-electron chi connectivity index (χ1n) is 10.7. The first kappa shape index (κ1) is 24.3. The van der Waals surface area contributed by atoms with Gasteiger partial charge in [-0.05, 0) is 44.0 Å². The topological polar surface area (TPSA) is 111 Å². The van der Waals surface area contributed by atoms with E-state index in [0.29, 0.717) is 41.5 Å². The van der Waals surface area contributed by atoms with Crippen molar-refractivity contribution in [3.05, 3.63) is 28.2 Å². The average Bonchev–Trinajstić information content (AvgIpc) is 2.94. The van der Waals surface area contributed by atoms with E-state index in [1.54, 1.807) is 17.0 Å². The van der Waals surface area contributed by atoms with Crippen LogP contribution in [0.3, 0.4) is 0 Å². The van der Waals surface area contributed by atoms with E-state index >= 15 is 0 Å². The molecule has 0 unspecified atom stereocenters. The molecule has 1 heterocycles. The summed E-state index contributed by atoms with van der Waals surface area (Å²) in [4.78, 5) is 51.8. The van der Waals surface area contributed by atoms with Crippen LogP contribution in [0.15, 0.2) is 18.2 Å². The number of anilines is 1. The Morgan fingerprint density at radius 1 is 1.12 bits per heavy atom. The fraction of sp³-hybridized carbons (Fsp3) is 0.524. The summed E-state index contributed by atoms with van der Waals surface area (Å²) in [6.07, 6.45) is 4.56. The molecule has 3 rings (SSSR count). The number of nitrogens with zero attached hydrogens (tertiary/aromatic N) is 2. The van der Waals surface area contributed by atoms with Crippen LogP contribution in [-0.4, -0.2) is 58.8 Å². The molecule has 0 bridgehead atoms. The van der Waals surface area contributed by atoms with Gasteiger partial charge in [0.1, 0.15) is 5.54 Å². The summed E-state index contributed by atoms with van der Waals surface area (Å²) in [5.41, 5.74) is 1.90. The molecule has 0 radical (unpaired) electrons. The van der Waals surface area contributed by atoms with Crippen molar-refractivity contribution >= 4 is 52.6 Å². The number of hydrogen-bond acceptors (Lipinski definition) is 5. The third kappa shape index (κ3) is 5.70. The van der Waals surface area contributed by atoms with Gasteiger partial charge in [0.2, 0.25) is 5.91 Å². The van der Waals surface area contributed by atoms with Gasteiger partial charge in [-0.3, -0.25) is 24.7 Å². The zero-order valence-electron chi connectivity index (χ0n) is 17.9. The molecule has 9 nitrogen and oxygen atoms in total. The monoisotopic (exact) mass is 483 g/mol. The van der Waals surface area contributed by atoms with Gasteiger partial charge in [-0.15, -0.1) is 0 Å². The fourth-order valence-electron chi connectivity index (χ4n) is 4.09. The van der Waals surface area contributed by atoms with Gasteiger partial charge in [-0.1, -0.05) is 49.4 Å². The summed E-state index contributed by atoms with van der Waals surface area (Å²) in [6, 6.07) is 4.10. The standard InChI is InChI=1S/C21H27Cl2N5O4/c1-2-10-27(12-17(29)24-16-7-6-14(22)11-15(16)23)13-18(30)26-28-19(31)21(25-20(28)32)8-4-3-5-9-21/h6-7,11H,2-5,8-10,12-13H2,1H3,(H,24,29)(H,25,32)(H,26,30). The van der Waals surface area contributed by atoms with Gasteiger partial charge < -0.3 is 10.6 Å². The number of carbonyl (C=O) groups excluding carboxylic acids is 4. The van der Waals surface area contributed by atoms with Crippen LogP contribution in [0.5, 0.6) is 0 Å². The summed E-state index contributed by atoms with van der Waals surface area (Å²) >= 11 is 12.0. The van der Waals surface area contributed by atoms with Crippen LogP contribution in [-0.2, 0) is 14.4 Å². The molecule has 11 heteroatoms. The van der Waals surface area contributed by atoms with Crippen molar-refractivity contribution in [1.82, 2.24) is 20.7 Å². The maximum Gasteiger partial charge on any atom is 0.344 e. The molecule has 1 aliphatic carbocycles. The number of amides is 5. The molecule has 1 saturated heterocycles. The van der Waals surface area contributed by atoms with E-state index in [1.165, 1.54) is 6.07 Å². The van der Waals surface area contributed by atoms with Crippen LogP contribution in [0.25, 0.3) is 0 Å². The number of nitrogens with one attached hydrogen (secondary N) is 3. The first-order valence-corrected chi connectivity index (χ1v) is 11.4. The summed E-state index contributed by atoms with van der Waals surface area (Å²) in [7, 11) is 0. The smallest absolute Gasteiger partial charge is 0.324 e. The number of imide groups is 1. The Hall–Kier alpha value is -2.36. The highest BCUT2D eigenvalue weighted by Crippen LogP contribution is 2.33. The van der Waals surface area contributed by atoms with Crippen molar-refractivity contribution in [2.45, 2.75) is 51.0 Å². The van der Waals surface area contributed by atoms with Crippen LogP contribution in [0, 0.1) is 0 Å². The molecular weight excluding hydrogens is 457 g/mol. The third-order valence-electron chi connectivity index (χ3n) is 5.58. The number of hydrogen-bond donors (Lipinski definition) is 3. The SMILES string of the molecule is CCCN(CC(=O)Nc1ccc(Cl)cc1Cl)CC(=O)NN1C(=O)NC2(CCCCC2)C1=O. The van der Waals surface area contributed by atoms with Gasteiger partial charge in [0.05, 0.1) is 23.8 Å². The molecule has 1 aliphatic heterocycles. The summed E-state index contributed by atoms with van der Waals surface area (Å²) < 4.78 is 0. The zero-order valence-corrected chi connectivity index (χ0v) is 19.4. The van der Waals surface area contributed by atoms with Crippen molar-refractivity contribution in [2.24, 2.45) is 0 Å². The number of hydrazine groups is 1. The minimum absolute atomic E-state index is 0.0652. The van der Waals surface area contributed by atoms with Crippen molar-refractivity contribution in [3.8, 4) is 0 Å². The van der Waals surface area contributed by atoms with Crippen molar-refractivity contribution in [3.63, 3.8) is 0 Å². The number of halogens is 2. The number of carbonyl (C=O) groups is 4. The second kappa shape index (κ2) is 10.5. The molecule has 1 aromatic carbocycles. The van der Waals surface area contributed by atoms with Gasteiger partial charge >= 0.3 is 6.03 Å². The van der Waals surface area contributed by atoms with Crippen LogP contribution in [0.4, 0.5) is 10.5 Å². The second-order valence-electron chi connectivity index (χ2n) is 8.13. The molecule has 1 aromatic rings. The molecule has 3 N–H and O–H groups in total. The van der Waals surface area contributed by atoms with Crippen LogP contribution >= 0.6 is 23.2 Å². The third-order valence-corrected chi connectivity index (χ3v) is 6.13. The average molecular weight is 484 g/mol. The molecule has 0 atom stereocenters. The molecule has 2 fully saturated rings. The van der Waals surface area contributed by atoms with E-state index in [1.807, 2.05) is 6.92 Å². The lowest BCUT2D eigenvalue weighted by Crippen LogP contribution is -2.52. The second-order valence-corrected chi connectivity index (χ2v) is 8.98. The molecule has 32 heavy (non-hydrogen) atoms. The van der Waals surface area contributed by atoms with E-state index in [2.05, 4.69) is 16.1 Å². The van der Waals surface area contributed by atoms with Crippen molar-refractivity contribution < 1.29 is 19.2 Å². The largest absolute Gasteiger partial charge is 0.344 e. The number of urea groups is 1. The van der Waals surface area contributed by atoms with Crippen molar-refractivity contribution in [2.75, 3.05) is 25.0 Å². The van der Waals surface area contributed by atoms with E-state index in [4.69, 9.17) is 23.2 Å². The lowest BCUT2D eigenvalue weighted by molar-refractivity contribution is -0.140. The summed E-state index contributed by atoms with van der Waals surface area (Å²) in [5, 5.41) is 6.97.